The fourth-order valence-corrected chi connectivity index (χ4v) is 1.46. The van der Waals surface area contributed by atoms with E-state index in [1.165, 1.54) is 13.3 Å². The molecule has 0 aliphatic carbocycles. The van der Waals surface area contributed by atoms with Crippen LogP contribution in [0.15, 0.2) is 36.7 Å². The van der Waals surface area contributed by atoms with Crippen molar-refractivity contribution in [2.24, 2.45) is 0 Å². The van der Waals surface area contributed by atoms with Gasteiger partial charge < -0.3 is 10.1 Å². The number of rotatable bonds is 3. The average Bonchev–Trinajstić information content (AvgIpc) is 2.42. The number of hydrogen-bond donors (Lipinski definition) is 2. The number of amides is 2. The van der Waals surface area contributed by atoms with Crippen molar-refractivity contribution in [2.75, 3.05) is 17.7 Å². The Morgan fingerprint density at radius 2 is 2.05 bits per heavy atom. The number of nitrogens with zero attached hydrogens (tertiary/aromatic N) is 2. The Morgan fingerprint density at radius 3 is 2.68 bits per heavy atom. The molecular weight excluding hydrogens is 244 g/mol. The van der Waals surface area contributed by atoms with Crippen molar-refractivity contribution in [3.05, 3.63) is 42.2 Å². The Hall–Kier alpha value is -2.63. The topological polar surface area (TPSA) is 76.1 Å². The molecule has 0 fully saturated rings. The van der Waals surface area contributed by atoms with Gasteiger partial charge in [-0.3, -0.25) is 5.32 Å². The molecule has 6 heteroatoms. The van der Waals surface area contributed by atoms with E-state index in [0.717, 1.165) is 5.56 Å². The average molecular weight is 258 g/mol. The predicted molar refractivity (Wildman–Crippen MR) is 72.4 cm³/mol. The molecule has 0 unspecified atom stereocenters. The van der Waals surface area contributed by atoms with Gasteiger partial charge in [-0.1, -0.05) is 6.07 Å². The van der Waals surface area contributed by atoms with Crippen LogP contribution in [0.4, 0.5) is 16.3 Å². The number of carbonyl (C=O) groups is 1. The van der Waals surface area contributed by atoms with Gasteiger partial charge in [-0.05, 0) is 24.6 Å². The maximum absolute atomic E-state index is 11.8. The summed E-state index contributed by atoms with van der Waals surface area (Å²) in [4.78, 5) is 19.8. The maximum Gasteiger partial charge on any atom is 0.324 e. The fraction of sp³-hybridized carbons (Fsp3) is 0.154. The van der Waals surface area contributed by atoms with Crippen LogP contribution in [0.2, 0.25) is 0 Å². The molecule has 0 saturated carbocycles. The number of aryl methyl sites for hydroxylation is 1. The molecule has 6 nitrogen and oxygen atoms in total. The van der Waals surface area contributed by atoms with Gasteiger partial charge in [-0.2, -0.15) is 0 Å². The van der Waals surface area contributed by atoms with Gasteiger partial charge in [0.2, 0.25) is 5.88 Å². The van der Waals surface area contributed by atoms with E-state index in [2.05, 4.69) is 20.6 Å². The molecule has 2 aromatic rings. The number of hydrogen-bond acceptors (Lipinski definition) is 4. The van der Waals surface area contributed by atoms with Gasteiger partial charge in [0.25, 0.3) is 0 Å². The number of ether oxygens (including phenoxy) is 1. The van der Waals surface area contributed by atoms with E-state index in [0.29, 0.717) is 17.4 Å². The van der Waals surface area contributed by atoms with Crippen molar-refractivity contribution in [1.82, 2.24) is 9.97 Å². The molecule has 19 heavy (non-hydrogen) atoms. The van der Waals surface area contributed by atoms with Crippen molar-refractivity contribution < 1.29 is 9.53 Å². The van der Waals surface area contributed by atoms with E-state index in [-0.39, 0.29) is 6.03 Å². The van der Waals surface area contributed by atoms with Crippen LogP contribution in [0.3, 0.4) is 0 Å². The van der Waals surface area contributed by atoms with Crippen LogP contribution in [0.5, 0.6) is 5.88 Å². The quantitative estimate of drug-likeness (QED) is 0.886. The third-order valence-corrected chi connectivity index (χ3v) is 2.44. The van der Waals surface area contributed by atoms with Gasteiger partial charge in [-0.25, -0.2) is 14.8 Å². The summed E-state index contributed by atoms with van der Waals surface area (Å²) in [5.41, 5.74) is 1.47. The van der Waals surface area contributed by atoms with Crippen molar-refractivity contribution in [1.29, 1.82) is 0 Å². The van der Waals surface area contributed by atoms with Crippen molar-refractivity contribution >= 4 is 17.5 Å². The summed E-state index contributed by atoms with van der Waals surface area (Å²) in [7, 11) is 1.53. The highest BCUT2D eigenvalue weighted by Crippen LogP contribution is 2.12. The molecule has 2 rings (SSSR count). The first-order valence-corrected chi connectivity index (χ1v) is 5.68. The molecule has 0 aliphatic rings. The smallest absolute Gasteiger partial charge is 0.324 e. The largest absolute Gasteiger partial charge is 0.481 e. The Morgan fingerprint density at radius 1 is 1.21 bits per heavy atom. The van der Waals surface area contributed by atoms with Crippen molar-refractivity contribution in [2.45, 2.75) is 6.92 Å². The molecular formula is C13H14N4O2. The zero-order valence-electron chi connectivity index (χ0n) is 10.7. The van der Waals surface area contributed by atoms with Gasteiger partial charge in [-0.15, -0.1) is 0 Å². The first-order chi connectivity index (χ1) is 9.19. The Kier molecular flexibility index (Phi) is 3.92. The number of carbonyl (C=O) groups excluding carboxylic acids is 1. The van der Waals surface area contributed by atoms with Gasteiger partial charge in [0, 0.05) is 12.3 Å². The Balaban J connectivity index is 1.99. The number of aromatic nitrogens is 2. The van der Waals surface area contributed by atoms with Crippen molar-refractivity contribution in [3.8, 4) is 5.88 Å². The van der Waals surface area contributed by atoms with E-state index in [4.69, 9.17) is 4.74 Å². The standard InChI is InChI=1S/C13H14N4O2/c1-9-4-3-7-14-12(9)17-13(18)16-10-5-6-11(19-2)15-8-10/h3-8H,1-2H3,(H2,14,16,17,18). The summed E-state index contributed by atoms with van der Waals surface area (Å²) in [5, 5.41) is 5.33. The van der Waals surface area contributed by atoms with Crippen LogP contribution in [-0.4, -0.2) is 23.1 Å². The highest BCUT2D eigenvalue weighted by atomic mass is 16.5. The molecule has 2 amide bonds. The molecule has 2 N–H and O–H groups in total. The molecule has 0 aliphatic heterocycles. The SMILES string of the molecule is COc1ccc(NC(=O)Nc2ncccc2C)cn1. The molecule has 0 atom stereocenters. The number of urea groups is 1. The molecule has 0 radical (unpaired) electrons. The number of pyridine rings is 2. The van der Waals surface area contributed by atoms with Crippen LogP contribution in [0.1, 0.15) is 5.56 Å². The van der Waals surface area contributed by atoms with Crippen LogP contribution < -0.4 is 15.4 Å². The Bertz CT molecular complexity index is 569. The highest BCUT2D eigenvalue weighted by Gasteiger charge is 2.05. The first-order valence-electron chi connectivity index (χ1n) is 5.68. The van der Waals surface area contributed by atoms with E-state index < -0.39 is 0 Å². The summed E-state index contributed by atoms with van der Waals surface area (Å²) < 4.78 is 4.94. The third kappa shape index (κ3) is 3.41. The minimum Gasteiger partial charge on any atom is -0.481 e. The molecule has 0 aromatic carbocycles. The molecule has 2 aromatic heterocycles. The number of methoxy groups -OCH3 is 1. The molecule has 0 spiro atoms. The Labute approximate surface area is 110 Å². The normalized spacial score (nSPS) is 9.79. The summed E-state index contributed by atoms with van der Waals surface area (Å²) in [6.07, 6.45) is 3.14. The predicted octanol–water partition coefficient (Wildman–Crippen LogP) is 2.44. The van der Waals surface area contributed by atoms with Crippen LogP contribution in [-0.2, 0) is 0 Å². The summed E-state index contributed by atoms with van der Waals surface area (Å²) in [6, 6.07) is 6.69. The maximum atomic E-state index is 11.8. The number of anilines is 2. The van der Waals surface area contributed by atoms with Crippen LogP contribution in [0, 0.1) is 6.92 Å². The highest BCUT2D eigenvalue weighted by molar-refractivity contribution is 5.99. The first kappa shape index (κ1) is 12.8. The molecule has 98 valence electrons. The van der Waals surface area contributed by atoms with E-state index in [1.807, 2.05) is 19.1 Å². The second-order valence-electron chi connectivity index (χ2n) is 3.84. The lowest BCUT2D eigenvalue weighted by atomic mass is 10.3. The summed E-state index contributed by atoms with van der Waals surface area (Å²) in [6.45, 7) is 1.87. The second-order valence-corrected chi connectivity index (χ2v) is 3.84. The molecule has 2 heterocycles. The van der Waals surface area contributed by atoms with Crippen molar-refractivity contribution in [3.63, 3.8) is 0 Å². The number of nitrogens with one attached hydrogen (secondary N) is 2. The lowest BCUT2D eigenvalue weighted by Crippen LogP contribution is -2.20. The molecule has 0 saturated heterocycles. The monoisotopic (exact) mass is 258 g/mol. The fourth-order valence-electron chi connectivity index (χ4n) is 1.46. The third-order valence-electron chi connectivity index (χ3n) is 2.44. The van der Waals surface area contributed by atoms with Gasteiger partial charge in [0.1, 0.15) is 5.82 Å². The van der Waals surface area contributed by atoms with E-state index in [9.17, 15) is 4.79 Å². The van der Waals surface area contributed by atoms with Crippen LogP contribution >= 0.6 is 0 Å². The molecule has 0 bridgehead atoms. The lowest BCUT2D eigenvalue weighted by molar-refractivity contribution is 0.262. The zero-order chi connectivity index (χ0) is 13.7. The summed E-state index contributed by atoms with van der Waals surface area (Å²) in [5.74, 6) is 1.02. The second kappa shape index (κ2) is 5.81. The zero-order valence-corrected chi connectivity index (χ0v) is 10.7. The lowest BCUT2D eigenvalue weighted by Gasteiger charge is -2.08. The van der Waals surface area contributed by atoms with E-state index >= 15 is 0 Å². The van der Waals surface area contributed by atoms with E-state index in [1.54, 1.807) is 18.3 Å². The van der Waals surface area contributed by atoms with Gasteiger partial charge in [0.05, 0.1) is 19.0 Å². The van der Waals surface area contributed by atoms with Gasteiger partial charge >= 0.3 is 6.03 Å². The summed E-state index contributed by atoms with van der Waals surface area (Å²) >= 11 is 0. The minimum atomic E-state index is -0.367. The van der Waals surface area contributed by atoms with Crippen LogP contribution in [0.25, 0.3) is 0 Å². The van der Waals surface area contributed by atoms with Gasteiger partial charge in [0.15, 0.2) is 0 Å². The minimum absolute atomic E-state index is 0.367.